The summed E-state index contributed by atoms with van der Waals surface area (Å²) < 4.78 is 7.22. The summed E-state index contributed by atoms with van der Waals surface area (Å²) in [6, 6.07) is 13.2. The van der Waals surface area contributed by atoms with Gasteiger partial charge in [0.05, 0.1) is 23.6 Å². The van der Waals surface area contributed by atoms with Crippen molar-refractivity contribution in [2.45, 2.75) is 33.1 Å². The van der Waals surface area contributed by atoms with Gasteiger partial charge >= 0.3 is 0 Å². The Kier molecular flexibility index (Phi) is 4.97. The maximum absolute atomic E-state index is 13.4. The van der Waals surface area contributed by atoms with Crippen LogP contribution in [0.3, 0.4) is 0 Å². The molecule has 8 heteroatoms. The smallest absolute Gasteiger partial charge is 0.261 e. The van der Waals surface area contributed by atoms with Crippen molar-refractivity contribution in [3.05, 3.63) is 75.3 Å². The molecular weight excluding hydrogens is 406 g/mol. The van der Waals surface area contributed by atoms with Crippen molar-refractivity contribution in [3.8, 4) is 11.7 Å². The molecule has 0 bridgehead atoms. The number of carbonyl (C=O) groups excluding carboxylic acids is 1. The Morgan fingerprint density at radius 1 is 1.22 bits per heavy atom. The van der Waals surface area contributed by atoms with Crippen LogP contribution in [0.25, 0.3) is 16.7 Å². The van der Waals surface area contributed by atoms with E-state index in [1.165, 1.54) is 4.68 Å². The molecule has 2 aromatic heterocycles. The van der Waals surface area contributed by atoms with Gasteiger partial charge < -0.3 is 10.1 Å². The highest BCUT2D eigenvalue weighted by Gasteiger charge is 2.22. The lowest BCUT2D eigenvalue weighted by molar-refractivity contribution is 0.102. The van der Waals surface area contributed by atoms with Gasteiger partial charge in [0.2, 0.25) is 5.95 Å². The van der Waals surface area contributed by atoms with Gasteiger partial charge in [0.1, 0.15) is 11.6 Å². The number of amides is 1. The van der Waals surface area contributed by atoms with Gasteiger partial charge in [0.15, 0.2) is 0 Å². The molecule has 0 spiro atoms. The number of ether oxygens (including phenoxy) is 1. The van der Waals surface area contributed by atoms with Crippen molar-refractivity contribution in [1.82, 2.24) is 19.7 Å². The van der Waals surface area contributed by atoms with E-state index in [0.29, 0.717) is 35.4 Å². The molecule has 4 aromatic rings. The number of hydrogen-bond donors (Lipinski definition) is 2. The third kappa shape index (κ3) is 3.43. The van der Waals surface area contributed by atoms with Gasteiger partial charge in [-0.2, -0.15) is 9.78 Å². The predicted octanol–water partition coefficient (Wildman–Crippen LogP) is 3.56. The molecule has 5 rings (SSSR count). The van der Waals surface area contributed by atoms with Gasteiger partial charge in [-0.3, -0.25) is 14.6 Å². The Morgan fingerprint density at radius 3 is 2.91 bits per heavy atom. The fourth-order valence-corrected chi connectivity index (χ4v) is 4.22. The maximum Gasteiger partial charge on any atom is 0.261 e. The molecule has 8 nitrogen and oxygen atoms in total. The molecule has 1 aliphatic rings. The topological polar surface area (TPSA) is 102 Å². The quantitative estimate of drug-likeness (QED) is 0.505. The summed E-state index contributed by atoms with van der Waals surface area (Å²) in [5, 5.41) is 9.13. The lowest BCUT2D eigenvalue weighted by atomic mass is 10.0. The number of nitrogens with zero attached hydrogens (tertiary/aromatic N) is 3. The van der Waals surface area contributed by atoms with Crippen LogP contribution < -0.4 is 15.6 Å². The van der Waals surface area contributed by atoms with E-state index in [9.17, 15) is 9.59 Å². The van der Waals surface area contributed by atoms with Crippen LogP contribution in [0.4, 0.5) is 5.82 Å². The minimum absolute atomic E-state index is 0.152. The summed E-state index contributed by atoms with van der Waals surface area (Å²) in [5.74, 6) is 0.899. The first-order valence-corrected chi connectivity index (χ1v) is 10.7. The number of anilines is 1. The molecule has 162 valence electrons. The summed E-state index contributed by atoms with van der Waals surface area (Å²) in [5.41, 5.74) is 2.51. The second-order valence-corrected chi connectivity index (χ2v) is 7.80. The Labute approximate surface area is 184 Å². The molecule has 0 radical (unpaired) electrons. The van der Waals surface area contributed by atoms with Crippen molar-refractivity contribution >= 4 is 22.5 Å². The lowest BCUT2D eigenvalue weighted by Crippen LogP contribution is -2.21. The van der Waals surface area contributed by atoms with Crippen LogP contribution in [0.1, 0.15) is 40.7 Å². The fraction of sp³-hybridized carbons (Fsp3) is 0.250. The van der Waals surface area contributed by atoms with E-state index in [1.807, 2.05) is 50.2 Å². The number of aryl methyl sites for hydroxylation is 2. The third-order valence-corrected chi connectivity index (χ3v) is 5.62. The number of aromatic nitrogens is 4. The SMILES string of the molecule is CCOc1ccc2ccccc2c1C(=O)Nc1cc(C)nn1-c1nc2c(c(=O)[nH]1)CCC2. The second kappa shape index (κ2) is 7.96. The van der Waals surface area contributed by atoms with Gasteiger partial charge in [-0.05, 0) is 49.9 Å². The fourth-order valence-electron chi connectivity index (χ4n) is 4.22. The summed E-state index contributed by atoms with van der Waals surface area (Å²) >= 11 is 0. The van der Waals surface area contributed by atoms with E-state index in [0.717, 1.165) is 41.3 Å². The van der Waals surface area contributed by atoms with E-state index in [-0.39, 0.29) is 11.5 Å². The first-order chi connectivity index (χ1) is 15.5. The number of H-pyrrole nitrogens is 1. The van der Waals surface area contributed by atoms with Gasteiger partial charge in [0.25, 0.3) is 11.5 Å². The van der Waals surface area contributed by atoms with Crippen molar-refractivity contribution in [2.24, 2.45) is 0 Å². The summed E-state index contributed by atoms with van der Waals surface area (Å²) in [4.78, 5) is 33.3. The van der Waals surface area contributed by atoms with Crippen LogP contribution >= 0.6 is 0 Å². The number of nitrogens with one attached hydrogen (secondary N) is 2. The van der Waals surface area contributed by atoms with Crippen molar-refractivity contribution in [1.29, 1.82) is 0 Å². The molecule has 0 aliphatic heterocycles. The first-order valence-electron chi connectivity index (χ1n) is 10.7. The molecule has 1 aliphatic carbocycles. The van der Waals surface area contributed by atoms with Gasteiger partial charge in [-0.25, -0.2) is 4.98 Å². The normalized spacial score (nSPS) is 12.7. The van der Waals surface area contributed by atoms with Crippen molar-refractivity contribution in [2.75, 3.05) is 11.9 Å². The van der Waals surface area contributed by atoms with Crippen LogP contribution in [0.2, 0.25) is 0 Å². The molecule has 0 fully saturated rings. The number of benzene rings is 2. The zero-order valence-corrected chi connectivity index (χ0v) is 17.9. The molecule has 0 unspecified atom stereocenters. The number of carbonyl (C=O) groups is 1. The average Bonchev–Trinajstić information content (AvgIpc) is 3.40. The zero-order chi connectivity index (χ0) is 22.2. The van der Waals surface area contributed by atoms with Gasteiger partial charge in [-0.15, -0.1) is 0 Å². The Hall–Kier alpha value is -3.94. The van der Waals surface area contributed by atoms with E-state index < -0.39 is 0 Å². The Morgan fingerprint density at radius 2 is 2.06 bits per heavy atom. The van der Waals surface area contributed by atoms with Crippen LogP contribution in [0.15, 0.2) is 47.3 Å². The molecule has 2 N–H and O–H groups in total. The minimum Gasteiger partial charge on any atom is -0.493 e. The molecule has 0 saturated carbocycles. The van der Waals surface area contributed by atoms with Gasteiger partial charge in [-0.1, -0.05) is 30.3 Å². The largest absolute Gasteiger partial charge is 0.493 e. The highest BCUT2D eigenvalue weighted by molar-refractivity contribution is 6.14. The van der Waals surface area contributed by atoms with Crippen LogP contribution in [-0.4, -0.2) is 32.3 Å². The summed E-state index contributed by atoms with van der Waals surface area (Å²) in [6.07, 6.45) is 2.42. The van der Waals surface area contributed by atoms with Crippen LogP contribution in [0.5, 0.6) is 5.75 Å². The monoisotopic (exact) mass is 429 g/mol. The number of aromatic amines is 1. The van der Waals surface area contributed by atoms with E-state index in [4.69, 9.17) is 4.74 Å². The number of rotatable bonds is 5. The third-order valence-electron chi connectivity index (χ3n) is 5.62. The average molecular weight is 429 g/mol. The number of fused-ring (bicyclic) bond motifs is 2. The van der Waals surface area contributed by atoms with E-state index in [1.54, 1.807) is 6.07 Å². The molecule has 1 amide bonds. The number of hydrogen-bond acceptors (Lipinski definition) is 5. The standard InChI is InChI=1S/C24H23N5O3/c1-3-32-19-12-11-15-7-4-5-8-16(15)21(19)23(31)26-20-13-14(2)28-29(20)24-25-18-10-6-9-17(18)22(30)27-24/h4-5,7-8,11-13H,3,6,9-10H2,1-2H3,(H,26,31)(H,25,27,30). The summed E-state index contributed by atoms with van der Waals surface area (Å²) in [6.45, 7) is 4.14. The maximum atomic E-state index is 13.4. The van der Waals surface area contributed by atoms with Crippen molar-refractivity contribution in [3.63, 3.8) is 0 Å². The highest BCUT2D eigenvalue weighted by atomic mass is 16.5. The minimum atomic E-state index is -0.324. The van der Waals surface area contributed by atoms with Crippen LogP contribution in [0, 0.1) is 6.92 Å². The molecule has 32 heavy (non-hydrogen) atoms. The molecule has 0 atom stereocenters. The molecular formula is C24H23N5O3. The molecule has 2 aromatic carbocycles. The second-order valence-electron chi connectivity index (χ2n) is 7.80. The van der Waals surface area contributed by atoms with Gasteiger partial charge in [0, 0.05) is 11.6 Å². The van der Waals surface area contributed by atoms with E-state index >= 15 is 0 Å². The molecule has 2 heterocycles. The lowest BCUT2D eigenvalue weighted by Gasteiger charge is -2.14. The highest BCUT2D eigenvalue weighted by Crippen LogP contribution is 2.29. The first kappa shape index (κ1) is 20.0. The van der Waals surface area contributed by atoms with Crippen LogP contribution in [-0.2, 0) is 12.8 Å². The zero-order valence-electron chi connectivity index (χ0n) is 17.9. The van der Waals surface area contributed by atoms with E-state index in [2.05, 4.69) is 20.4 Å². The van der Waals surface area contributed by atoms with Crippen molar-refractivity contribution < 1.29 is 9.53 Å². The summed E-state index contributed by atoms with van der Waals surface area (Å²) in [7, 11) is 0. The Balaban J connectivity index is 1.57. The Bertz CT molecular complexity index is 1400. The predicted molar refractivity (Wildman–Crippen MR) is 122 cm³/mol. The molecule has 0 saturated heterocycles.